The van der Waals surface area contributed by atoms with Crippen LogP contribution in [0.1, 0.15) is 32.7 Å². The minimum Gasteiger partial charge on any atom is -0.287 e. The van der Waals surface area contributed by atoms with Crippen LogP contribution in [-0.4, -0.2) is 5.78 Å². The standard InChI is InChI=1S/C17H20NO.BrH/c1-12-9-13(2)17(14(3)10-12)16(19)11-18-8-6-5-7-15(18)4;/h5-10H,11H2,1-4H3;1H/q+1;. The molecule has 106 valence electrons. The van der Waals surface area contributed by atoms with Crippen LogP contribution < -0.4 is 4.57 Å². The topological polar surface area (TPSA) is 20.9 Å². The number of aryl methyl sites for hydroxylation is 4. The Morgan fingerprint density at radius 3 is 2.20 bits per heavy atom. The fourth-order valence-corrected chi connectivity index (χ4v) is 2.59. The lowest BCUT2D eigenvalue weighted by Gasteiger charge is -2.09. The van der Waals surface area contributed by atoms with Gasteiger partial charge in [-0.2, -0.15) is 4.57 Å². The second kappa shape index (κ2) is 6.80. The van der Waals surface area contributed by atoms with Crippen LogP contribution >= 0.6 is 17.0 Å². The number of carbonyl (C=O) groups excluding carboxylic acids is 1. The Hall–Kier alpha value is -1.48. The van der Waals surface area contributed by atoms with Crippen LogP contribution in [0.25, 0.3) is 0 Å². The summed E-state index contributed by atoms with van der Waals surface area (Å²) >= 11 is 0. The third kappa shape index (κ3) is 3.54. The van der Waals surface area contributed by atoms with E-state index in [0.717, 1.165) is 22.4 Å². The Kier molecular flexibility index (Phi) is 5.63. The predicted molar refractivity (Wildman–Crippen MR) is 86.7 cm³/mol. The average molecular weight is 335 g/mol. The molecule has 0 aliphatic rings. The molecule has 0 atom stereocenters. The largest absolute Gasteiger partial charge is 0.287 e. The van der Waals surface area contributed by atoms with Crippen LogP contribution in [0.2, 0.25) is 0 Å². The van der Waals surface area contributed by atoms with E-state index in [1.54, 1.807) is 0 Å². The first-order valence-electron chi connectivity index (χ1n) is 6.55. The van der Waals surface area contributed by atoms with Crippen molar-refractivity contribution in [3.63, 3.8) is 0 Å². The first-order valence-corrected chi connectivity index (χ1v) is 6.55. The smallest absolute Gasteiger partial charge is 0.228 e. The Labute approximate surface area is 131 Å². The van der Waals surface area contributed by atoms with Gasteiger partial charge in [0, 0.05) is 24.6 Å². The van der Waals surface area contributed by atoms with Crippen molar-refractivity contribution in [2.24, 2.45) is 0 Å². The van der Waals surface area contributed by atoms with E-state index in [2.05, 4.69) is 19.1 Å². The normalized spacial score (nSPS) is 10.0. The van der Waals surface area contributed by atoms with Gasteiger partial charge >= 0.3 is 0 Å². The summed E-state index contributed by atoms with van der Waals surface area (Å²) in [5.74, 6) is 0.175. The number of nitrogens with zero attached hydrogens (tertiary/aromatic N) is 1. The zero-order chi connectivity index (χ0) is 14.0. The molecule has 2 nitrogen and oxygen atoms in total. The molecular weight excluding hydrogens is 314 g/mol. The molecule has 0 unspecified atom stereocenters. The molecule has 0 spiro atoms. The highest BCUT2D eigenvalue weighted by Gasteiger charge is 2.18. The van der Waals surface area contributed by atoms with Gasteiger partial charge in [-0.15, -0.1) is 17.0 Å². The molecule has 0 radical (unpaired) electrons. The average Bonchev–Trinajstić information content (AvgIpc) is 2.30. The number of aromatic nitrogens is 1. The zero-order valence-electron chi connectivity index (χ0n) is 12.4. The van der Waals surface area contributed by atoms with Gasteiger partial charge in [0.2, 0.25) is 12.3 Å². The van der Waals surface area contributed by atoms with Crippen LogP contribution in [0, 0.1) is 27.7 Å². The predicted octanol–water partition coefficient (Wildman–Crippen LogP) is 3.67. The number of halogens is 1. The molecule has 20 heavy (non-hydrogen) atoms. The summed E-state index contributed by atoms with van der Waals surface area (Å²) in [7, 11) is 0. The molecule has 1 aromatic carbocycles. The van der Waals surface area contributed by atoms with Crippen molar-refractivity contribution in [3.05, 3.63) is 64.5 Å². The SMILES string of the molecule is Br.Cc1cc(C)c(C(=O)C[n+]2ccccc2C)c(C)c1. The summed E-state index contributed by atoms with van der Waals surface area (Å²) in [4.78, 5) is 12.5. The Balaban J connectivity index is 0.00000200. The molecule has 0 fully saturated rings. The van der Waals surface area contributed by atoms with Crippen molar-refractivity contribution in [1.82, 2.24) is 0 Å². The lowest BCUT2D eigenvalue weighted by atomic mass is 9.96. The fourth-order valence-electron chi connectivity index (χ4n) is 2.59. The number of rotatable bonds is 3. The lowest BCUT2D eigenvalue weighted by molar-refractivity contribution is -0.689. The van der Waals surface area contributed by atoms with Gasteiger partial charge in [0.05, 0.1) is 0 Å². The number of carbonyl (C=O) groups is 1. The second-order valence-electron chi connectivity index (χ2n) is 5.17. The fraction of sp³-hybridized carbons (Fsp3) is 0.294. The van der Waals surface area contributed by atoms with E-state index in [1.807, 2.05) is 49.7 Å². The Morgan fingerprint density at radius 2 is 1.65 bits per heavy atom. The molecule has 0 saturated carbocycles. The highest BCUT2D eigenvalue weighted by molar-refractivity contribution is 8.93. The van der Waals surface area contributed by atoms with Crippen LogP contribution in [0.3, 0.4) is 0 Å². The monoisotopic (exact) mass is 334 g/mol. The van der Waals surface area contributed by atoms with Crippen molar-refractivity contribution in [1.29, 1.82) is 0 Å². The first kappa shape index (κ1) is 16.6. The van der Waals surface area contributed by atoms with Gasteiger partial charge in [0.1, 0.15) is 0 Å². The van der Waals surface area contributed by atoms with Crippen molar-refractivity contribution in [2.75, 3.05) is 0 Å². The van der Waals surface area contributed by atoms with E-state index >= 15 is 0 Å². The molecule has 1 heterocycles. The van der Waals surface area contributed by atoms with Gasteiger partial charge in [0.15, 0.2) is 11.9 Å². The first-order chi connectivity index (χ1) is 8.99. The van der Waals surface area contributed by atoms with Crippen LogP contribution in [-0.2, 0) is 6.54 Å². The van der Waals surface area contributed by atoms with Crippen molar-refractivity contribution >= 4 is 22.8 Å². The summed E-state index contributed by atoms with van der Waals surface area (Å²) in [5, 5.41) is 0. The molecule has 0 N–H and O–H groups in total. The van der Waals surface area contributed by atoms with Crippen molar-refractivity contribution in [2.45, 2.75) is 34.2 Å². The van der Waals surface area contributed by atoms with E-state index in [4.69, 9.17) is 0 Å². The summed E-state index contributed by atoms with van der Waals surface area (Å²) in [5.41, 5.74) is 5.29. The molecule has 0 saturated heterocycles. The zero-order valence-corrected chi connectivity index (χ0v) is 14.1. The maximum absolute atomic E-state index is 12.5. The minimum atomic E-state index is 0. The second-order valence-corrected chi connectivity index (χ2v) is 5.17. The number of ketones is 1. The molecule has 1 aromatic heterocycles. The maximum atomic E-state index is 12.5. The van der Waals surface area contributed by atoms with E-state index in [9.17, 15) is 4.79 Å². The molecule has 0 amide bonds. The third-order valence-electron chi connectivity index (χ3n) is 3.44. The van der Waals surface area contributed by atoms with Gasteiger partial charge < -0.3 is 0 Å². The summed E-state index contributed by atoms with van der Waals surface area (Å²) in [6, 6.07) is 10.1. The van der Waals surface area contributed by atoms with Crippen LogP contribution in [0.4, 0.5) is 0 Å². The minimum absolute atomic E-state index is 0. The number of pyridine rings is 1. The molecule has 3 heteroatoms. The van der Waals surface area contributed by atoms with E-state index in [1.165, 1.54) is 5.56 Å². The molecule has 0 aliphatic heterocycles. The Bertz CT molecular complexity index is 612. The van der Waals surface area contributed by atoms with Gasteiger partial charge in [-0.05, 0) is 31.9 Å². The number of hydrogen-bond acceptors (Lipinski definition) is 1. The highest BCUT2D eigenvalue weighted by Crippen LogP contribution is 2.17. The third-order valence-corrected chi connectivity index (χ3v) is 3.44. The summed E-state index contributed by atoms with van der Waals surface area (Å²) < 4.78 is 1.99. The quantitative estimate of drug-likeness (QED) is 0.619. The van der Waals surface area contributed by atoms with E-state index < -0.39 is 0 Å². The van der Waals surface area contributed by atoms with E-state index in [-0.39, 0.29) is 22.8 Å². The molecule has 2 aromatic rings. The van der Waals surface area contributed by atoms with Gasteiger partial charge in [-0.3, -0.25) is 4.79 Å². The highest BCUT2D eigenvalue weighted by atomic mass is 79.9. The van der Waals surface area contributed by atoms with Crippen LogP contribution in [0.5, 0.6) is 0 Å². The molecule has 0 bridgehead atoms. The van der Waals surface area contributed by atoms with Crippen molar-refractivity contribution in [3.8, 4) is 0 Å². The lowest BCUT2D eigenvalue weighted by Crippen LogP contribution is -2.40. The number of Topliss-reactive ketones (excluding diaryl/α,β-unsaturated/α-hetero) is 1. The van der Waals surface area contributed by atoms with Gasteiger partial charge in [-0.1, -0.05) is 23.8 Å². The summed E-state index contributed by atoms with van der Waals surface area (Å²) in [6.45, 7) is 8.50. The van der Waals surface area contributed by atoms with E-state index in [0.29, 0.717) is 6.54 Å². The Morgan fingerprint density at radius 1 is 1.05 bits per heavy atom. The maximum Gasteiger partial charge on any atom is 0.228 e. The van der Waals surface area contributed by atoms with Crippen molar-refractivity contribution < 1.29 is 9.36 Å². The summed E-state index contributed by atoms with van der Waals surface area (Å²) in [6.07, 6.45) is 1.95. The molecule has 0 aliphatic carbocycles. The van der Waals surface area contributed by atoms with Gasteiger partial charge in [0.25, 0.3) is 0 Å². The molecular formula is C17H21BrNO+. The van der Waals surface area contributed by atoms with Gasteiger partial charge in [-0.25, -0.2) is 0 Å². The number of benzene rings is 1. The van der Waals surface area contributed by atoms with Crippen LogP contribution in [0.15, 0.2) is 36.5 Å². The molecule has 2 rings (SSSR count). The number of hydrogen-bond donors (Lipinski definition) is 0.